The van der Waals surface area contributed by atoms with E-state index in [4.69, 9.17) is 5.63 Å². The van der Waals surface area contributed by atoms with Crippen LogP contribution < -0.4 is 5.63 Å². The van der Waals surface area contributed by atoms with Gasteiger partial charge in [0.2, 0.25) is 0 Å². The van der Waals surface area contributed by atoms with Gasteiger partial charge in [0.15, 0.2) is 0 Å². The maximum atomic E-state index is 14.3. The fourth-order valence-corrected chi connectivity index (χ4v) is 17.0. The van der Waals surface area contributed by atoms with Crippen LogP contribution in [0.5, 0.6) is 11.5 Å². The summed E-state index contributed by atoms with van der Waals surface area (Å²) in [5, 5.41) is 0. The standard InChI is InChI=1S/2C9H13.2C7H5F3O.Zr/c2*1-3-8-5-6-9(4-2)7-8;2*8-7(9,10)5-3-1-2-4-6(5)11;/h2*5H,3-4,6H2,1-2H3;2*1-4,11H;/q;;;;+2/p-2. The average molecular weight is 656 g/mol. The number of para-hydroxylation sites is 2. The Morgan fingerprint density at radius 1 is 0.585 bits per heavy atom. The van der Waals surface area contributed by atoms with Gasteiger partial charge in [0.1, 0.15) is 0 Å². The number of hydrogen-bond acceptors (Lipinski definition) is 2. The molecule has 9 heteroatoms. The molecule has 0 aromatic heterocycles. The Bertz CT molecular complexity index is 1300. The van der Waals surface area contributed by atoms with E-state index in [1.807, 2.05) is 39.8 Å². The predicted molar refractivity (Wildman–Crippen MR) is 145 cm³/mol. The maximum absolute atomic E-state index is 14.3. The number of alkyl halides is 6. The van der Waals surface area contributed by atoms with Gasteiger partial charge in [-0.1, -0.05) is 0 Å². The molecule has 2 aromatic carbocycles. The zero-order valence-corrected chi connectivity index (χ0v) is 26.1. The normalized spacial score (nSPS) is 16.3. The number of allylic oxidation sites excluding steroid dienone is 8. The van der Waals surface area contributed by atoms with E-state index >= 15 is 0 Å². The van der Waals surface area contributed by atoms with E-state index in [2.05, 4.69) is 0 Å². The molecule has 0 heterocycles. The molecule has 0 unspecified atom stereocenters. The van der Waals surface area contributed by atoms with Crippen LogP contribution in [-0.4, -0.2) is 0 Å². The second-order valence-electron chi connectivity index (χ2n) is 10.0. The molecule has 0 saturated heterocycles. The fraction of sp³-hybridized carbons (Fsp3) is 0.375. The molecular weight excluding hydrogens is 622 g/mol. The minimum absolute atomic E-state index is 0.420. The molecule has 0 spiro atoms. The third-order valence-electron chi connectivity index (χ3n) is 7.70. The molecule has 41 heavy (non-hydrogen) atoms. The second-order valence-corrected chi connectivity index (χ2v) is 16.5. The Morgan fingerprint density at radius 3 is 1.27 bits per heavy atom. The van der Waals surface area contributed by atoms with Crippen molar-refractivity contribution >= 4 is 0 Å². The molecule has 2 aliphatic carbocycles. The van der Waals surface area contributed by atoms with Crippen molar-refractivity contribution in [1.82, 2.24) is 0 Å². The molecule has 0 radical (unpaired) electrons. The molecule has 2 aliphatic rings. The van der Waals surface area contributed by atoms with Crippen LogP contribution in [0.15, 0.2) is 89.5 Å². The van der Waals surface area contributed by atoms with E-state index in [1.165, 1.54) is 36.4 Å². The molecule has 4 rings (SSSR count). The Morgan fingerprint density at radius 2 is 0.951 bits per heavy atom. The van der Waals surface area contributed by atoms with E-state index in [9.17, 15) is 26.3 Å². The Balaban J connectivity index is 2.15. The van der Waals surface area contributed by atoms with Crippen molar-refractivity contribution in [2.75, 3.05) is 0 Å². The molecular formula is C32H34F6O2Zr. The van der Waals surface area contributed by atoms with Gasteiger partial charge in [-0.25, -0.2) is 0 Å². The summed E-state index contributed by atoms with van der Waals surface area (Å²) in [6.45, 7) is 7.78. The van der Waals surface area contributed by atoms with Gasteiger partial charge < -0.3 is 0 Å². The SMILES string of the molecule is CCC1=CCC(CC)=[C]1[Zr]([O]c1ccccc1C(F)(F)F)([O]c1ccccc1C(F)(F)F)[C]1=C(CC)CC=C1CC. The van der Waals surface area contributed by atoms with E-state index < -0.39 is 56.1 Å². The number of benzene rings is 2. The first-order valence-corrected chi connectivity index (χ1v) is 18.4. The van der Waals surface area contributed by atoms with Gasteiger partial charge in [0.05, 0.1) is 0 Å². The van der Waals surface area contributed by atoms with Crippen molar-refractivity contribution in [3.05, 3.63) is 101 Å². The summed E-state index contributed by atoms with van der Waals surface area (Å²) < 4.78 is 101. The monoisotopic (exact) mass is 654 g/mol. The Kier molecular flexibility index (Phi) is 9.47. The Labute approximate surface area is 243 Å². The van der Waals surface area contributed by atoms with Crippen molar-refractivity contribution in [2.45, 2.75) is 78.6 Å². The first kappa shape index (κ1) is 31.4. The third-order valence-corrected chi connectivity index (χ3v) is 16.8. The predicted octanol–water partition coefficient (Wildman–Crippen LogP) is 11.0. The summed E-state index contributed by atoms with van der Waals surface area (Å²) in [6, 6.07) is 9.84. The molecule has 0 N–H and O–H groups in total. The zero-order valence-electron chi connectivity index (χ0n) is 23.6. The van der Waals surface area contributed by atoms with E-state index in [0.29, 0.717) is 45.1 Å². The van der Waals surface area contributed by atoms with Crippen LogP contribution in [-0.2, 0) is 33.5 Å². The number of rotatable bonds is 10. The van der Waals surface area contributed by atoms with Crippen LogP contribution in [0, 0.1) is 0 Å². The zero-order chi connectivity index (χ0) is 30.0. The van der Waals surface area contributed by atoms with E-state index in [1.54, 1.807) is 0 Å². The molecule has 220 valence electrons. The van der Waals surface area contributed by atoms with Crippen LogP contribution in [0.3, 0.4) is 0 Å². The molecule has 0 saturated carbocycles. The van der Waals surface area contributed by atoms with Crippen molar-refractivity contribution in [2.24, 2.45) is 0 Å². The summed E-state index contributed by atoms with van der Waals surface area (Å²) in [5.41, 5.74) is 1.67. The van der Waals surface area contributed by atoms with Crippen molar-refractivity contribution < 1.29 is 53.1 Å². The van der Waals surface area contributed by atoms with Gasteiger partial charge in [0.25, 0.3) is 0 Å². The van der Waals surface area contributed by atoms with Gasteiger partial charge in [-0.2, -0.15) is 0 Å². The second kappa shape index (κ2) is 12.4. The van der Waals surface area contributed by atoms with Crippen molar-refractivity contribution in [1.29, 1.82) is 0 Å². The summed E-state index contributed by atoms with van der Waals surface area (Å²) in [7, 11) is 0. The van der Waals surface area contributed by atoms with Crippen LogP contribution in [0.2, 0.25) is 0 Å². The van der Waals surface area contributed by atoms with Gasteiger partial charge >= 0.3 is 244 Å². The van der Waals surface area contributed by atoms with Gasteiger partial charge in [-0.05, 0) is 0 Å². The average Bonchev–Trinajstić information content (AvgIpc) is 3.56. The molecule has 2 aromatic rings. The van der Waals surface area contributed by atoms with Gasteiger partial charge in [-0.3, -0.25) is 0 Å². The summed E-state index contributed by atoms with van der Waals surface area (Å²) >= 11 is -5.49. The van der Waals surface area contributed by atoms with Crippen LogP contribution in [0.1, 0.15) is 77.3 Å². The summed E-state index contributed by atoms with van der Waals surface area (Å²) in [4.78, 5) is 0. The third kappa shape index (κ3) is 6.16. The Hall–Kier alpha value is -2.54. The van der Waals surface area contributed by atoms with E-state index in [-0.39, 0.29) is 0 Å². The first-order valence-electron chi connectivity index (χ1n) is 13.9. The molecule has 0 amide bonds. The molecule has 0 bridgehead atoms. The quantitative estimate of drug-likeness (QED) is 0.237. The topological polar surface area (TPSA) is 18.5 Å². The van der Waals surface area contributed by atoms with Crippen LogP contribution >= 0.6 is 0 Å². The number of hydrogen-bond donors (Lipinski definition) is 0. The fourth-order valence-electron chi connectivity index (χ4n) is 5.77. The molecule has 0 aliphatic heterocycles. The summed E-state index contributed by atoms with van der Waals surface area (Å²) in [6.07, 6.45) is -2.07. The van der Waals surface area contributed by atoms with Crippen LogP contribution in [0.25, 0.3) is 0 Å². The van der Waals surface area contributed by atoms with Crippen molar-refractivity contribution in [3.8, 4) is 11.5 Å². The number of halogens is 6. The molecule has 0 atom stereocenters. The molecule has 2 nitrogen and oxygen atoms in total. The van der Waals surface area contributed by atoms with Gasteiger partial charge in [-0.15, -0.1) is 0 Å². The summed E-state index contributed by atoms with van der Waals surface area (Å²) in [5.74, 6) is -0.841. The van der Waals surface area contributed by atoms with Crippen molar-refractivity contribution in [3.63, 3.8) is 0 Å². The minimum atomic E-state index is -5.49. The molecule has 0 fully saturated rings. The first-order chi connectivity index (χ1) is 19.4. The van der Waals surface area contributed by atoms with Gasteiger partial charge in [0, 0.05) is 0 Å². The van der Waals surface area contributed by atoms with E-state index in [0.717, 1.165) is 34.4 Å². The van der Waals surface area contributed by atoms with Crippen LogP contribution in [0.4, 0.5) is 26.3 Å².